The van der Waals surface area contributed by atoms with Crippen LogP contribution in [0.25, 0.3) is 11.1 Å². The molecule has 20 heavy (non-hydrogen) atoms. The van der Waals surface area contributed by atoms with E-state index in [1.807, 2.05) is 43.4 Å². The van der Waals surface area contributed by atoms with E-state index in [1.165, 1.54) is 0 Å². The maximum atomic E-state index is 5.13. The molecule has 0 bridgehead atoms. The fraction of sp³-hybridized carbons (Fsp3) is 0.0556. The Balaban J connectivity index is 3.36. The van der Waals surface area contributed by atoms with Gasteiger partial charge in [-0.05, 0) is 12.5 Å². The van der Waals surface area contributed by atoms with E-state index >= 15 is 0 Å². The first-order valence-corrected chi connectivity index (χ1v) is 6.30. The Labute approximate surface area is 120 Å². The van der Waals surface area contributed by atoms with Crippen LogP contribution in [0, 0.1) is 0 Å². The van der Waals surface area contributed by atoms with Crippen LogP contribution in [0.3, 0.4) is 0 Å². The van der Waals surface area contributed by atoms with Gasteiger partial charge in [-0.2, -0.15) is 0 Å². The molecule has 0 radical (unpaired) electrons. The van der Waals surface area contributed by atoms with Gasteiger partial charge in [0.05, 0.1) is 0 Å². The van der Waals surface area contributed by atoms with Crippen molar-refractivity contribution in [2.24, 2.45) is 0 Å². The fourth-order valence-electron chi connectivity index (χ4n) is 1.70. The van der Waals surface area contributed by atoms with Gasteiger partial charge in [0.15, 0.2) is 0 Å². The van der Waals surface area contributed by atoms with Crippen LogP contribution >= 0.6 is 0 Å². The van der Waals surface area contributed by atoms with Crippen LogP contribution in [-0.2, 0) is 0 Å². The molecule has 1 heterocycles. The molecule has 0 atom stereocenters. The summed E-state index contributed by atoms with van der Waals surface area (Å²) in [4.78, 5) is 0. The van der Waals surface area contributed by atoms with E-state index in [4.69, 9.17) is 4.52 Å². The van der Waals surface area contributed by atoms with E-state index in [9.17, 15) is 0 Å². The fourth-order valence-corrected chi connectivity index (χ4v) is 1.70. The van der Waals surface area contributed by atoms with Crippen molar-refractivity contribution in [1.29, 1.82) is 0 Å². The second-order valence-corrected chi connectivity index (χ2v) is 3.89. The maximum absolute atomic E-state index is 5.13. The minimum Gasteiger partial charge on any atom is -0.363 e. The molecule has 0 amide bonds. The minimum atomic E-state index is 0.759. The van der Waals surface area contributed by atoms with Crippen LogP contribution in [-0.4, -0.2) is 5.16 Å². The summed E-state index contributed by atoms with van der Waals surface area (Å²) in [6.07, 6.45) is 18.3. The van der Waals surface area contributed by atoms with Crippen molar-refractivity contribution >= 4 is 11.1 Å². The Morgan fingerprint density at radius 1 is 1.05 bits per heavy atom. The molecule has 0 aromatic carbocycles. The number of hydrogen-bond donors (Lipinski definition) is 0. The molecule has 0 saturated heterocycles. The summed E-state index contributed by atoms with van der Waals surface area (Å²) in [6.45, 7) is 13.1. The lowest BCUT2D eigenvalue weighted by atomic mass is 10.0. The number of aromatic nitrogens is 1. The molecule has 0 spiro atoms. The summed E-state index contributed by atoms with van der Waals surface area (Å²) >= 11 is 0. The number of rotatable bonds is 7. The van der Waals surface area contributed by atoms with Crippen LogP contribution in [0.5, 0.6) is 0 Å². The smallest absolute Gasteiger partial charge is 0.132 e. The quantitative estimate of drug-likeness (QED) is 0.639. The van der Waals surface area contributed by atoms with E-state index in [-0.39, 0.29) is 0 Å². The number of hydrogen-bond acceptors (Lipinski definition) is 2. The van der Waals surface area contributed by atoms with Crippen LogP contribution < -0.4 is 0 Å². The van der Waals surface area contributed by atoms with Crippen molar-refractivity contribution in [3.8, 4) is 0 Å². The third-order valence-electron chi connectivity index (χ3n) is 2.51. The summed E-state index contributed by atoms with van der Waals surface area (Å²) in [6, 6.07) is 0. The lowest BCUT2D eigenvalue weighted by molar-refractivity contribution is 0.417. The Bertz CT molecular complexity index is 595. The SMILES string of the molecule is C=C/C=C\C(=C/C=C)c1nocc1C(/C=C\C)=C/C=C. The zero-order valence-electron chi connectivity index (χ0n) is 11.8. The summed E-state index contributed by atoms with van der Waals surface area (Å²) in [5.41, 5.74) is 3.56. The Morgan fingerprint density at radius 2 is 1.75 bits per heavy atom. The van der Waals surface area contributed by atoms with E-state index < -0.39 is 0 Å². The molecule has 0 unspecified atom stereocenters. The normalized spacial score (nSPS) is 13.1. The highest BCUT2D eigenvalue weighted by Gasteiger charge is 2.12. The Hall–Kier alpha value is -2.61. The molecular formula is C18H19NO. The monoisotopic (exact) mass is 265 g/mol. The van der Waals surface area contributed by atoms with Crippen LogP contribution in [0.15, 0.2) is 85.2 Å². The molecular weight excluding hydrogens is 246 g/mol. The molecule has 1 aromatic heterocycles. The summed E-state index contributed by atoms with van der Waals surface area (Å²) < 4.78 is 5.13. The summed E-state index contributed by atoms with van der Waals surface area (Å²) in [5.74, 6) is 0. The van der Waals surface area contributed by atoms with E-state index in [2.05, 4.69) is 24.9 Å². The highest BCUT2D eigenvalue weighted by Crippen LogP contribution is 2.26. The summed E-state index contributed by atoms with van der Waals surface area (Å²) in [7, 11) is 0. The van der Waals surface area contributed by atoms with Gasteiger partial charge >= 0.3 is 0 Å². The molecule has 0 aliphatic carbocycles. The number of allylic oxidation sites excluding steroid dienone is 11. The minimum absolute atomic E-state index is 0.759. The molecule has 0 aliphatic rings. The first-order valence-electron chi connectivity index (χ1n) is 6.30. The second-order valence-electron chi connectivity index (χ2n) is 3.89. The first kappa shape index (κ1) is 15.4. The van der Waals surface area contributed by atoms with Gasteiger partial charge < -0.3 is 4.52 Å². The molecule has 0 N–H and O–H groups in total. The zero-order valence-corrected chi connectivity index (χ0v) is 11.8. The van der Waals surface area contributed by atoms with Crippen molar-refractivity contribution in [2.75, 3.05) is 0 Å². The topological polar surface area (TPSA) is 26.0 Å². The van der Waals surface area contributed by atoms with Crippen molar-refractivity contribution in [3.63, 3.8) is 0 Å². The third-order valence-corrected chi connectivity index (χ3v) is 2.51. The third kappa shape index (κ3) is 3.95. The largest absolute Gasteiger partial charge is 0.363 e. The number of nitrogens with zero attached hydrogens (tertiary/aromatic N) is 1. The molecule has 2 heteroatoms. The van der Waals surface area contributed by atoms with Crippen molar-refractivity contribution in [3.05, 3.63) is 91.9 Å². The Kier molecular flexibility index (Phi) is 6.55. The van der Waals surface area contributed by atoms with Gasteiger partial charge in [0, 0.05) is 11.1 Å². The lowest BCUT2D eigenvalue weighted by Gasteiger charge is -2.02. The van der Waals surface area contributed by atoms with Gasteiger partial charge in [-0.15, -0.1) is 0 Å². The molecule has 0 saturated carbocycles. The lowest BCUT2D eigenvalue weighted by Crippen LogP contribution is -1.88. The van der Waals surface area contributed by atoms with Gasteiger partial charge in [-0.1, -0.05) is 79.6 Å². The highest BCUT2D eigenvalue weighted by molar-refractivity contribution is 5.85. The van der Waals surface area contributed by atoms with Gasteiger partial charge in [0.25, 0.3) is 0 Å². The molecule has 0 aliphatic heterocycles. The molecule has 1 rings (SSSR count). The second kappa shape index (κ2) is 8.48. The van der Waals surface area contributed by atoms with Crippen LogP contribution in [0.1, 0.15) is 18.2 Å². The standard InChI is InChI=1S/C18H19NO/c1-5-9-13-16(12-8-4)18-17(14-20-19-18)15(10-6-2)11-7-3/h5-14H,1-2,4H2,3H3/b11-7-,13-9-,15-10+,16-12+. The first-order chi connectivity index (χ1) is 9.78. The summed E-state index contributed by atoms with van der Waals surface area (Å²) in [5, 5.41) is 4.09. The average Bonchev–Trinajstić information content (AvgIpc) is 2.92. The van der Waals surface area contributed by atoms with E-state index in [1.54, 1.807) is 24.5 Å². The van der Waals surface area contributed by atoms with Crippen molar-refractivity contribution < 1.29 is 4.52 Å². The zero-order chi connectivity index (χ0) is 14.8. The van der Waals surface area contributed by atoms with E-state index in [0.29, 0.717) is 0 Å². The molecule has 1 aromatic rings. The molecule has 102 valence electrons. The van der Waals surface area contributed by atoms with Gasteiger partial charge in [-0.25, -0.2) is 0 Å². The van der Waals surface area contributed by atoms with Gasteiger partial charge in [0.1, 0.15) is 12.0 Å². The highest BCUT2D eigenvalue weighted by atomic mass is 16.5. The van der Waals surface area contributed by atoms with Crippen LogP contribution in [0.4, 0.5) is 0 Å². The molecule has 2 nitrogen and oxygen atoms in total. The van der Waals surface area contributed by atoms with Crippen LogP contribution in [0.2, 0.25) is 0 Å². The predicted molar refractivity (Wildman–Crippen MR) is 87.0 cm³/mol. The van der Waals surface area contributed by atoms with E-state index in [0.717, 1.165) is 22.4 Å². The average molecular weight is 265 g/mol. The van der Waals surface area contributed by atoms with Gasteiger partial charge in [0.2, 0.25) is 0 Å². The van der Waals surface area contributed by atoms with Crippen molar-refractivity contribution in [2.45, 2.75) is 6.92 Å². The molecule has 0 fully saturated rings. The predicted octanol–water partition coefficient (Wildman–Crippen LogP) is 5.13. The van der Waals surface area contributed by atoms with Crippen molar-refractivity contribution in [1.82, 2.24) is 5.16 Å². The Morgan fingerprint density at radius 3 is 2.35 bits per heavy atom. The maximum Gasteiger partial charge on any atom is 0.132 e. The van der Waals surface area contributed by atoms with Gasteiger partial charge in [-0.3, -0.25) is 0 Å².